The first kappa shape index (κ1) is 15.9. The smallest absolute Gasteiger partial charge is 0.416 e. The molecule has 0 aliphatic rings. The molecule has 22 heavy (non-hydrogen) atoms. The Morgan fingerprint density at radius 2 is 2.05 bits per heavy atom. The molecule has 0 radical (unpaired) electrons. The third-order valence-corrected chi connectivity index (χ3v) is 3.53. The number of hydrogen-bond acceptors (Lipinski definition) is 4. The number of carbonyl (C=O) groups is 1. The van der Waals surface area contributed by atoms with Crippen LogP contribution in [0.25, 0.3) is 11.1 Å². The molecule has 1 heterocycles. The van der Waals surface area contributed by atoms with Crippen molar-refractivity contribution in [3.05, 3.63) is 40.1 Å². The first-order valence-corrected chi connectivity index (χ1v) is 6.74. The van der Waals surface area contributed by atoms with E-state index in [-0.39, 0.29) is 21.8 Å². The maximum atomic E-state index is 12.8. The van der Waals surface area contributed by atoms with E-state index in [0.29, 0.717) is 0 Å². The predicted octanol–water partition coefficient (Wildman–Crippen LogP) is 3.77. The molecule has 0 spiro atoms. The largest absolute Gasteiger partial charge is 0.481 e. The molecule has 0 fully saturated rings. The lowest BCUT2D eigenvalue weighted by molar-refractivity contribution is -0.140. The van der Waals surface area contributed by atoms with Crippen LogP contribution >= 0.6 is 11.3 Å². The van der Waals surface area contributed by atoms with Gasteiger partial charge in [-0.15, -0.1) is 11.3 Å². The van der Waals surface area contributed by atoms with Crippen LogP contribution in [-0.4, -0.2) is 17.7 Å². The summed E-state index contributed by atoms with van der Waals surface area (Å²) < 4.78 is 43.5. The lowest BCUT2D eigenvalue weighted by atomic mass is 10.0. The number of aliphatic carboxylic acids is 1. The van der Waals surface area contributed by atoms with Crippen molar-refractivity contribution in [3.63, 3.8) is 0 Å². The molecule has 4 nitrogen and oxygen atoms in total. The van der Waals surface area contributed by atoms with Crippen LogP contribution in [0, 0.1) is 11.3 Å². The van der Waals surface area contributed by atoms with Gasteiger partial charge < -0.3 is 9.84 Å². The Bertz CT molecular complexity index is 747. The van der Waals surface area contributed by atoms with Gasteiger partial charge in [0.15, 0.2) is 6.61 Å². The molecule has 0 atom stereocenters. The summed E-state index contributed by atoms with van der Waals surface area (Å²) in [5.74, 6) is -1.28. The Balaban J connectivity index is 2.55. The Morgan fingerprint density at radius 1 is 1.32 bits per heavy atom. The number of benzene rings is 1. The van der Waals surface area contributed by atoms with Crippen LogP contribution in [0.3, 0.4) is 0 Å². The quantitative estimate of drug-likeness (QED) is 0.928. The van der Waals surface area contributed by atoms with E-state index in [1.54, 1.807) is 5.38 Å². The van der Waals surface area contributed by atoms with E-state index in [9.17, 15) is 18.0 Å². The van der Waals surface area contributed by atoms with Crippen LogP contribution in [0.1, 0.15) is 10.4 Å². The fourth-order valence-corrected chi connectivity index (χ4v) is 2.49. The first-order chi connectivity index (χ1) is 10.3. The molecular formula is C14H8F3NO3S. The van der Waals surface area contributed by atoms with Gasteiger partial charge in [-0.3, -0.25) is 0 Å². The number of carboxylic acid groups (broad SMARTS) is 1. The zero-order valence-corrected chi connectivity index (χ0v) is 11.7. The van der Waals surface area contributed by atoms with Crippen LogP contribution < -0.4 is 4.74 Å². The maximum absolute atomic E-state index is 12.8. The molecule has 2 rings (SSSR count). The van der Waals surface area contributed by atoms with Gasteiger partial charge in [0.2, 0.25) is 0 Å². The second-order valence-electron chi connectivity index (χ2n) is 4.17. The fourth-order valence-electron chi connectivity index (χ4n) is 1.79. The minimum absolute atomic E-state index is 0.0229. The second-order valence-corrected chi connectivity index (χ2v) is 5.08. The Hall–Kier alpha value is -2.53. The van der Waals surface area contributed by atoms with Crippen molar-refractivity contribution in [3.8, 4) is 22.9 Å². The molecule has 0 saturated heterocycles. The van der Waals surface area contributed by atoms with Crippen molar-refractivity contribution in [2.24, 2.45) is 0 Å². The molecular weight excluding hydrogens is 319 g/mol. The summed E-state index contributed by atoms with van der Waals surface area (Å²) in [7, 11) is 0. The molecule has 1 aromatic carbocycles. The van der Waals surface area contributed by atoms with Crippen molar-refractivity contribution in [2.75, 3.05) is 6.61 Å². The molecule has 0 aliphatic heterocycles. The van der Waals surface area contributed by atoms with Gasteiger partial charge in [-0.05, 0) is 29.6 Å². The summed E-state index contributed by atoms with van der Waals surface area (Å²) in [5.41, 5.74) is -0.590. The Labute approximate surface area is 127 Å². The van der Waals surface area contributed by atoms with Crippen LogP contribution in [0.15, 0.2) is 29.6 Å². The number of nitriles is 1. The highest BCUT2D eigenvalue weighted by Crippen LogP contribution is 2.39. The van der Waals surface area contributed by atoms with E-state index in [0.717, 1.165) is 29.5 Å². The third-order valence-electron chi connectivity index (χ3n) is 2.71. The number of halogens is 3. The molecule has 0 amide bonds. The van der Waals surface area contributed by atoms with Crippen molar-refractivity contribution in [1.82, 2.24) is 0 Å². The summed E-state index contributed by atoms with van der Waals surface area (Å²) in [4.78, 5) is 10.8. The Morgan fingerprint density at radius 3 is 2.64 bits per heavy atom. The molecule has 1 N–H and O–H groups in total. The number of hydrogen-bond donors (Lipinski definition) is 1. The van der Waals surface area contributed by atoms with Gasteiger partial charge in [-0.25, -0.2) is 4.79 Å². The predicted molar refractivity (Wildman–Crippen MR) is 72.6 cm³/mol. The number of carboxylic acids is 1. The number of thiophene rings is 1. The standard InChI is InChI=1S/C14H8F3NO3S/c15-14(16,17)8-1-2-11(21-7-13(19)20)10(5-8)9-3-4-22-12(9)6-18/h1-5H,7H2,(H,19,20). The van der Waals surface area contributed by atoms with E-state index in [4.69, 9.17) is 15.1 Å². The second kappa shape index (κ2) is 6.07. The summed E-state index contributed by atoms with van der Waals surface area (Å²) in [6, 6.07) is 6.09. The summed E-state index contributed by atoms with van der Waals surface area (Å²) in [6.07, 6.45) is -4.55. The lowest BCUT2D eigenvalue weighted by Gasteiger charge is -2.13. The van der Waals surface area contributed by atoms with Crippen molar-refractivity contribution in [2.45, 2.75) is 6.18 Å². The highest BCUT2D eigenvalue weighted by molar-refractivity contribution is 7.11. The van der Waals surface area contributed by atoms with Gasteiger partial charge in [-0.1, -0.05) is 0 Å². The molecule has 1 aromatic heterocycles. The van der Waals surface area contributed by atoms with Crippen molar-refractivity contribution < 1.29 is 27.8 Å². The van der Waals surface area contributed by atoms with Crippen LogP contribution in [-0.2, 0) is 11.0 Å². The van der Waals surface area contributed by atoms with E-state index < -0.39 is 24.3 Å². The minimum Gasteiger partial charge on any atom is -0.481 e. The molecule has 0 bridgehead atoms. The van der Waals surface area contributed by atoms with E-state index >= 15 is 0 Å². The number of alkyl halides is 3. The molecule has 0 unspecified atom stereocenters. The minimum atomic E-state index is -4.55. The van der Waals surface area contributed by atoms with Gasteiger partial charge in [0, 0.05) is 11.1 Å². The van der Waals surface area contributed by atoms with Gasteiger partial charge in [0.1, 0.15) is 16.7 Å². The average Bonchev–Trinajstić information content (AvgIpc) is 2.92. The van der Waals surface area contributed by atoms with E-state index in [1.807, 2.05) is 6.07 Å². The number of ether oxygens (including phenoxy) is 1. The Kier molecular flexibility index (Phi) is 4.37. The average molecular weight is 327 g/mol. The molecule has 114 valence electrons. The summed E-state index contributed by atoms with van der Waals surface area (Å²) >= 11 is 1.08. The SMILES string of the molecule is N#Cc1sccc1-c1cc(C(F)(F)F)ccc1OCC(=O)O. The molecule has 8 heteroatoms. The van der Waals surface area contributed by atoms with Gasteiger partial charge in [-0.2, -0.15) is 18.4 Å². The van der Waals surface area contributed by atoms with Crippen LogP contribution in [0.2, 0.25) is 0 Å². The molecule has 0 saturated carbocycles. The third kappa shape index (κ3) is 3.38. The number of nitrogens with zero attached hydrogens (tertiary/aromatic N) is 1. The van der Waals surface area contributed by atoms with Crippen LogP contribution in [0.5, 0.6) is 5.75 Å². The van der Waals surface area contributed by atoms with Crippen molar-refractivity contribution >= 4 is 17.3 Å². The monoisotopic (exact) mass is 327 g/mol. The zero-order chi connectivity index (χ0) is 16.3. The topological polar surface area (TPSA) is 70.3 Å². The first-order valence-electron chi connectivity index (χ1n) is 5.86. The van der Waals surface area contributed by atoms with Gasteiger partial charge in [0.05, 0.1) is 5.56 Å². The summed E-state index contributed by atoms with van der Waals surface area (Å²) in [6.45, 7) is -0.690. The van der Waals surface area contributed by atoms with Gasteiger partial charge >= 0.3 is 12.1 Å². The van der Waals surface area contributed by atoms with Crippen LogP contribution in [0.4, 0.5) is 13.2 Å². The zero-order valence-electron chi connectivity index (χ0n) is 10.8. The maximum Gasteiger partial charge on any atom is 0.416 e. The normalized spacial score (nSPS) is 11.0. The summed E-state index contributed by atoms with van der Waals surface area (Å²) in [5, 5.41) is 19.2. The number of rotatable bonds is 4. The fraction of sp³-hybridized carbons (Fsp3) is 0.143. The van der Waals surface area contributed by atoms with Crippen molar-refractivity contribution in [1.29, 1.82) is 5.26 Å². The lowest BCUT2D eigenvalue weighted by Crippen LogP contribution is -2.11. The van der Waals surface area contributed by atoms with Gasteiger partial charge in [0.25, 0.3) is 0 Å². The molecule has 2 aromatic rings. The highest BCUT2D eigenvalue weighted by Gasteiger charge is 2.31. The van der Waals surface area contributed by atoms with E-state index in [2.05, 4.69) is 0 Å². The highest BCUT2D eigenvalue weighted by atomic mass is 32.1. The molecule has 0 aliphatic carbocycles. The van der Waals surface area contributed by atoms with E-state index in [1.165, 1.54) is 6.07 Å².